The van der Waals surface area contributed by atoms with E-state index in [1.54, 1.807) is 44.1 Å². The number of benzene rings is 6. The van der Waals surface area contributed by atoms with E-state index < -0.39 is 104 Å². The molecule has 0 atom stereocenters. The Hall–Kier alpha value is -5.73. The van der Waals surface area contributed by atoms with Gasteiger partial charge in [0.2, 0.25) is 11.6 Å². The zero-order chi connectivity index (χ0) is 67.1. The maximum absolute atomic E-state index is 14.1. The van der Waals surface area contributed by atoms with Crippen LogP contribution in [0.5, 0.6) is 0 Å². The highest BCUT2D eigenvalue weighted by atomic mass is 79.9. The number of carbonyl (C=O) groups excluding carboxylic acids is 3. The highest BCUT2D eigenvalue weighted by molar-refractivity contribution is 9.11. The molecule has 0 aliphatic heterocycles. The average Bonchev–Trinajstić information content (AvgIpc) is 0.766. The zero-order valence-electron chi connectivity index (χ0n) is 45.3. The number of rotatable bonds is 19. The summed E-state index contributed by atoms with van der Waals surface area (Å²) in [6.45, 7) is 10.7. The Bertz CT molecular complexity index is 4260. The third-order valence-corrected chi connectivity index (χ3v) is 20.3. The predicted molar refractivity (Wildman–Crippen MR) is 353 cm³/mol. The second-order valence-corrected chi connectivity index (χ2v) is 26.9. The lowest BCUT2D eigenvalue weighted by Gasteiger charge is -2.26. The molecule has 11 N–H and O–H groups in total. The van der Waals surface area contributed by atoms with Gasteiger partial charge in [-0.3, -0.25) is 23.5 Å². The number of anilines is 5. The number of nitriles is 1. The van der Waals surface area contributed by atoms with Crippen LogP contribution in [0.2, 0.25) is 30.1 Å². The van der Waals surface area contributed by atoms with Gasteiger partial charge >= 0.3 is 5.97 Å². The van der Waals surface area contributed by atoms with E-state index in [1.807, 2.05) is 11.0 Å². The molecule has 0 aromatic heterocycles. The fourth-order valence-electron chi connectivity index (χ4n) is 7.68. The van der Waals surface area contributed by atoms with Gasteiger partial charge in [-0.25, -0.2) is 19.6 Å². The van der Waals surface area contributed by atoms with Crippen molar-refractivity contribution in [1.82, 2.24) is 0 Å². The van der Waals surface area contributed by atoms with Gasteiger partial charge in [0, 0.05) is 61.1 Å². The van der Waals surface area contributed by atoms with Gasteiger partial charge in [-0.2, -0.15) is 22.1 Å². The maximum atomic E-state index is 14.1. The number of aliphatic hydroxyl groups is 2. The van der Waals surface area contributed by atoms with E-state index in [2.05, 4.69) is 78.6 Å². The van der Waals surface area contributed by atoms with Gasteiger partial charge in [-0.1, -0.05) is 69.6 Å². The van der Waals surface area contributed by atoms with Crippen molar-refractivity contribution in [2.45, 2.75) is 28.5 Å². The number of aromatic carboxylic acids is 1. The van der Waals surface area contributed by atoms with Crippen molar-refractivity contribution in [2.75, 3.05) is 66.1 Å². The summed E-state index contributed by atoms with van der Waals surface area (Å²) in [7, 11) is -11.5. The summed E-state index contributed by atoms with van der Waals surface area (Å²) >= 11 is 46.5. The summed E-state index contributed by atoms with van der Waals surface area (Å²) in [4.78, 5) is 64.2. The number of aryl methyl sites for hydroxylation is 1. The number of carbonyl (C=O) groups is 4. The molecular formula is C52H42Br3Cl6N9O16S3. The minimum Gasteiger partial charge on any atom is -0.478 e. The summed E-state index contributed by atoms with van der Waals surface area (Å²) in [5.41, 5.74) is -1.09. The van der Waals surface area contributed by atoms with E-state index in [-0.39, 0.29) is 90.7 Å². The van der Waals surface area contributed by atoms with Crippen LogP contribution in [-0.4, -0.2) is 130 Å². The van der Waals surface area contributed by atoms with Gasteiger partial charge in [0.1, 0.15) is 38.2 Å². The zero-order valence-corrected chi connectivity index (χ0v) is 57.1. The first-order chi connectivity index (χ1) is 41.3. The van der Waals surface area contributed by atoms with Crippen molar-refractivity contribution >= 4 is 229 Å². The number of hydrogen-bond acceptors (Lipinski definition) is 18. The van der Waals surface area contributed by atoms with Crippen molar-refractivity contribution in [3.63, 3.8) is 0 Å². The lowest BCUT2D eigenvalue weighted by Crippen LogP contribution is -2.26. The van der Waals surface area contributed by atoms with Gasteiger partial charge in [0.25, 0.3) is 32.1 Å². The SMILES string of the molecule is CC(=O)Nc1cc(N(C)CCO)ccc1N=C(C(=O)Nc1cc(Cl)c(S(=O)(=O)O)cc1Cl)c1c(Br)c(S(O)(O)O)c(Br)c(S(=O)(=O)O)c1Br.[C-]#[N+]c1c(Cl)c(C#N)c(Cl)c(C(=Nc2ccc(N(C)CCO)cc2C)C(=O)Nc2cc(C(=O)O)ccc2Cl)c1Cl. The predicted octanol–water partition coefficient (Wildman–Crippen LogP) is 13.4. The van der Waals surface area contributed by atoms with E-state index in [9.17, 15) is 79.4 Å². The van der Waals surface area contributed by atoms with Crippen molar-refractivity contribution < 1.29 is 74.1 Å². The molecule has 0 fully saturated rings. The van der Waals surface area contributed by atoms with Crippen molar-refractivity contribution in [3.05, 3.63) is 150 Å². The third-order valence-electron chi connectivity index (χ3n) is 11.9. The second kappa shape index (κ2) is 30.6. The van der Waals surface area contributed by atoms with Crippen LogP contribution >= 0.6 is 128 Å². The van der Waals surface area contributed by atoms with Gasteiger partial charge in [0.05, 0.1) is 103 Å². The lowest BCUT2D eigenvalue weighted by atomic mass is 10.0. The molecule has 89 heavy (non-hydrogen) atoms. The number of carboxylic acid groups (broad SMARTS) is 1. The number of aliphatic hydroxyl groups excluding tert-OH is 2. The molecule has 0 unspecified atom stereocenters. The van der Waals surface area contributed by atoms with Crippen LogP contribution < -0.4 is 25.8 Å². The number of nitrogens with zero attached hydrogens (tertiary/aromatic N) is 6. The number of hydrogen-bond donors (Lipinski definition) is 11. The third kappa shape index (κ3) is 17.7. The van der Waals surface area contributed by atoms with Gasteiger partial charge in [-0.15, -0.1) is 0 Å². The molecule has 0 spiro atoms. The van der Waals surface area contributed by atoms with Gasteiger partial charge < -0.3 is 54.7 Å². The van der Waals surface area contributed by atoms with Gasteiger partial charge in [0.15, 0.2) is 0 Å². The van der Waals surface area contributed by atoms with Crippen LogP contribution in [-0.2, 0) is 34.6 Å². The van der Waals surface area contributed by atoms with Crippen molar-refractivity contribution in [1.29, 1.82) is 5.26 Å². The molecule has 0 saturated heterocycles. The first-order valence-electron chi connectivity index (χ1n) is 24.0. The minimum absolute atomic E-state index is 0.00954. The quantitative estimate of drug-likeness (QED) is 0.0204. The molecule has 37 heteroatoms. The molecule has 472 valence electrons. The number of halogens is 9. The Balaban J connectivity index is 0.000000330. The molecule has 0 aliphatic carbocycles. The van der Waals surface area contributed by atoms with E-state index in [0.717, 1.165) is 23.9 Å². The number of likely N-dealkylation sites (N-methyl/N-ethyl adjacent to an activating group) is 2. The normalized spacial score (nSPS) is 12.0. The van der Waals surface area contributed by atoms with Crippen LogP contribution in [0.1, 0.15) is 39.5 Å². The minimum atomic E-state index is -5.28. The summed E-state index contributed by atoms with van der Waals surface area (Å²) in [5, 5.41) is 43.1. The molecule has 0 radical (unpaired) electrons. The van der Waals surface area contributed by atoms with E-state index >= 15 is 0 Å². The highest BCUT2D eigenvalue weighted by Gasteiger charge is 2.37. The molecular weight excluding hydrogens is 1560 g/mol. The number of carboxylic acids is 1. The van der Waals surface area contributed by atoms with E-state index in [0.29, 0.717) is 23.5 Å². The van der Waals surface area contributed by atoms with Gasteiger partial charge in [-0.05, 0) is 127 Å². The molecule has 0 saturated carbocycles. The molecule has 6 aromatic carbocycles. The van der Waals surface area contributed by atoms with Crippen LogP contribution in [0.4, 0.5) is 45.5 Å². The van der Waals surface area contributed by atoms with Crippen LogP contribution in [0.15, 0.2) is 105 Å². The molecule has 3 amide bonds. The smallest absolute Gasteiger partial charge is 0.335 e. The van der Waals surface area contributed by atoms with E-state index in [4.69, 9.17) is 76.2 Å². The van der Waals surface area contributed by atoms with Crippen molar-refractivity contribution in [2.24, 2.45) is 9.98 Å². The van der Waals surface area contributed by atoms with Crippen LogP contribution in [0.3, 0.4) is 0 Å². The number of nitrogens with one attached hydrogen (secondary N) is 3. The fraction of sp³-hybridized carbons (Fsp3) is 0.154. The Morgan fingerprint density at radius 1 is 0.640 bits per heavy atom. The van der Waals surface area contributed by atoms with Crippen LogP contribution in [0.25, 0.3) is 4.85 Å². The Labute approximate surface area is 563 Å². The summed E-state index contributed by atoms with van der Waals surface area (Å²) in [5.74, 6) is -4.00. The van der Waals surface area contributed by atoms with Crippen molar-refractivity contribution in [3.8, 4) is 6.07 Å². The first kappa shape index (κ1) is 74.0. The largest absolute Gasteiger partial charge is 0.478 e. The Morgan fingerprint density at radius 2 is 1.16 bits per heavy atom. The standard InChI is InChI=1S/C27H19Cl4N5O4.C25H23Br3Cl2N4O12S3/c1-13-10-15(36(3)8-9-37)5-7-18(13)34-24(20-21(29)16(12-32)22(30)25(33-2)23(20)31)26(38)35-19-11-14(27(39)40)4-6-17(19)28;1-10(36)31-16-7-11(34(2)5-6-35)3-4-14(16)32-22(25(37)33-15-8-13(30)17(9-12(15)29)47(38,39)40)18-19(26)23(48(41,42)43)21(28)24(20(18)27)49(44,45)46/h4-7,10-11,37H,8-9H2,1,3H3,(H,35,38)(H,39,40);3-4,7-9,35,41-43H,5-6H2,1-2H3,(H,31,36)(H,33,37)(H,38,39,40)(H,44,45,46). The highest BCUT2D eigenvalue weighted by Crippen LogP contribution is 2.56. The molecule has 0 bridgehead atoms. The molecule has 0 heterocycles. The summed E-state index contributed by atoms with van der Waals surface area (Å²) in [6.07, 6.45) is 0. The summed E-state index contributed by atoms with van der Waals surface area (Å²) in [6, 6.07) is 16.5. The lowest BCUT2D eigenvalue weighted by molar-refractivity contribution is -0.114. The monoisotopic (exact) mass is 1590 g/mol. The second-order valence-electron chi connectivity index (χ2n) is 17.9. The molecule has 6 rings (SSSR count). The van der Waals surface area contributed by atoms with Crippen LogP contribution in [0, 0.1) is 24.8 Å². The number of aliphatic imine (C=N–C) groups is 2. The maximum Gasteiger partial charge on any atom is 0.335 e. The Morgan fingerprint density at radius 3 is 1.64 bits per heavy atom. The topological polar surface area (TPSA) is 394 Å². The van der Waals surface area contributed by atoms with E-state index in [1.165, 1.54) is 37.3 Å². The summed E-state index contributed by atoms with van der Waals surface area (Å²) < 4.78 is 96.9. The molecule has 0 aliphatic rings. The first-order valence-corrected chi connectivity index (χ1v) is 33.0. The fourth-order valence-corrected chi connectivity index (χ4v) is 16.5. The molecule has 25 nitrogen and oxygen atoms in total. The average molecular weight is 1600 g/mol. The number of amides is 3. The molecule has 6 aromatic rings. The Kier molecular flexibility index (Phi) is 25.4.